The van der Waals surface area contributed by atoms with E-state index in [9.17, 15) is 18.0 Å². The predicted molar refractivity (Wildman–Crippen MR) is 85.1 cm³/mol. The number of hydrogen-bond acceptors (Lipinski definition) is 5. The highest BCUT2D eigenvalue weighted by atomic mass is 32.2. The fraction of sp³-hybridized carbons (Fsp3) is 0.467. The Morgan fingerprint density at radius 2 is 2.00 bits per heavy atom. The summed E-state index contributed by atoms with van der Waals surface area (Å²) >= 11 is 0. The molecule has 0 spiro atoms. The standard InChI is InChI=1S/C15H20N2O6S/c1-23-12-4-6-13(7-5-12)24(21,22)17-8-2-3-11(10-17)15(20)16-9-14(18)19/h4-7,11H,2-3,8-10H2,1H3,(H,16,20)(H,18,19)/t11-/m1/s1. The summed E-state index contributed by atoms with van der Waals surface area (Å²) in [5.74, 6) is -1.57. The Kier molecular flexibility index (Phi) is 5.79. The Morgan fingerprint density at radius 3 is 2.58 bits per heavy atom. The zero-order valence-corrected chi connectivity index (χ0v) is 14.1. The number of aliphatic carboxylic acids is 1. The smallest absolute Gasteiger partial charge is 0.322 e. The number of piperidine rings is 1. The number of carbonyl (C=O) groups is 2. The van der Waals surface area contributed by atoms with Crippen LogP contribution >= 0.6 is 0 Å². The lowest BCUT2D eigenvalue weighted by atomic mass is 9.99. The summed E-state index contributed by atoms with van der Waals surface area (Å²) in [6.07, 6.45) is 1.07. The Morgan fingerprint density at radius 1 is 1.33 bits per heavy atom. The van der Waals surface area contributed by atoms with Gasteiger partial charge in [-0.25, -0.2) is 8.42 Å². The molecular weight excluding hydrogens is 336 g/mol. The molecule has 1 aliphatic heterocycles. The third-order valence-electron chi connectivity index (χ3n) is 3.87. The van der Waals surface area contributed by atoms with Gasteiger partial charge in [-0.3, -0.25) is 9.59 Å². The summed E-state index contributed by atoms with van der Waals surface area (Å²) in [5, 5.41) is 10.9. The van der Waals surface area contributed by atoms with Gasteiger partial charge in [0.2, 0.25) is 15.9 Å². The first kappa shape index (κ1) is 18.2. The molecule has 9 heteroatoms. The minimum atomic E-state index is -3.70. The number of carboxylic acid groups (broad SMARTS) is 1. The van der Waals surface area contributed by atoms with E-state index in [1.165, 1.54) is 23.5 Å². The molecule has 0 bridgehead atoms. The van der Waals surface area contributed by atoms with E-state index in [4.69, 9.17) is 9.84 Å². The number of benzene rings is 1. The van der Waals surface area contributed by atoms with Crippen LogP contribution in [0.15, 0.2) is 29.2 Å². The number of carboxylic acids is 1. The van der Waals surface area contributed by atoms with E-state index in [1.807, 2.05) is 0 Å². The fourth-order valence-electron chi connectivity index (χ4n) is 2.58. The number of amides is 1. The van der Waals surface area contributed by atoms with Crippen LogP contribution in [0.1, 0.15) is 12.8 Å². The van der Waals surface area contributed by atoms with Crippen LogP contribution < -0.4 is 10.1 Å². The first-order chi connectivity index (χ1) is 11.3. The summed E-state index contributed by atoms with van der Waals surface area (Å²) in [6.45, 7) is -0.0998. The molecule has 8 nitrogen and oxygen atoms in total. The van der Waals surface area contributed by atoms with Crippen molar-refractivity contribution >= 4 is 21.9 Å². The zero-order chi connectivity index (χ0) is 17.7. The molecule has 2 rings (SSSR count). The van der Waals surface area contributed by atoms with Gasteiger partial charge in [0.25, 0.3) is 0 Å². The van der Waals surface area contributed by atoms with Crippen molar-refractivity contribution in [2.24, 2.45) is 5.92 Å². The van der Waals surface area contributed by atoms with Gasteiger partial charge in [0.15, 0.2) is 0 Å². The van der Waals surface area contributed by atoms with Gasteiger partial charge >= 0.3 is 5.97 Å². The van der Waals surface area contributed by atoms with Gasteiger partial charge in [-0.15, -0.1) is 0 Å². The Hall–Kier alpha value is -2.13. The summed E-state index contributed by atoms with van der Waals surface area (Å²) in [5.41, 5.74) is 0. The second-order valence-electron chi connectivity index (χ2n) is 5.49. The Bertz CT molecular complexity index is 701. The van der Waals surface area contributed by atoms with Gasteiger partial charge in [-0.05, 0) is 37.1 Å². The predicted octanol–water partition coefficient (Wildman–Crippen LogP) is 0.297. The van der Waals surface area contributed by atoms with Crippen LogP contribution in [-0.4, -0.2) is 56.5 Å². The molecule has 1 saturated heterocycles. The van der Waals surface area contributed by atoms with Crippen molar-refractivity contribution in [3.8, 4) is 5.75 Å². The first-order valence-corrected chi connectivity index (χ1v) is 8.92. The lowest BCUT2D eigenvalue weighted by Crippen LogP contribution is -2.46. The van der Waals surface area contributed by atoms with E-state index in [0.717, 1.165) is 0 Å². The molecule has 1 aliphatic rings. The molecule has 0 saturated carbocycles. The summed E-state index contributed by atoms with van der Waals surface area (Å²) in [4.78, 5) is 22.6. The molecule has 0 aromatic heterocycles. The lowest BCUT2D eigenvalue weighted by molar-refractivity contribution is -0.138. The van der Waals surface area contributed by atoms with Crippen LogP contribution in [0.3, 0.4) is 0 Å². The number of methoxy groups -OCH3 is 1. The highest BCUT2D eigenvalue weighted by Gasteiger charge is 2.33. The lowest BCUT2D eigenvalue weighted by Gasteiger charge is -2.31. The third kappa shape index (κ3) is 4.24. The van der Waals surface area contributed by atoms with Gasteiger partial charge in [-0.1, -0.05) is 0 Å². The zero-order valence-electron chi connectivity index (χ0n) is 13.3. The third-order valence-corrected chi connectivity index (χ3v) is 5.75. The number of nitrogens with one attached hydrogen (secondary N) is 1. The Balaban J connectivity index is 2.09. The molecule has 0 unspecified atom stereocenters. The van der Waals surface area contributed by atoms with E-state index in [-0.39, 0.29) is 11.4 Å². The normalized spacial score (nSPS) is 18.8. The summed E-state index contributed by atoms with van der Waals surface area (Å²) < 4.78 is 31.6. The summed E-state index contributed by atoms with van der Waals surface area (Å²) in [6, 6.07) is 6.05. The van der Waals surface area contributed by atoms with Crippen LogP contribution in [0.25, 0.3) is 0 Å². The van der Waals surface area contributed by atoms with E-state index in [1.54, 1.807) is 12.1 Å². The van der Waals surface area contributed by atoms with Gasteiger partial charge in [0, 0.05) is 13.1 Å². The molecule has 1 fully saturated rings. The number of nitrogens with zero attached hydrogens (tertiary/aromatic N) is 1. The number of carbonyl (C=O) groups excluding carboxylic acids is 1. The monoisotopic (exact) mass is 356 g/mol. The molecule has 0 aliphatic carbocycles. The van der Waals surface area contributed by atoms with Crippen molar-refractivity contribution in [3.63, 3.8) is 0 Å². The molecule has 1 aromatic carbocycles. The van der Waals surface area contributed by atoms with E-state index in [0.29, 0.717) is 25.1 Å². The number of hydrogen-bond donors (Lipinski definition) is 2. The maximum atomic E-state index is 12.7. The van der Waals surface area contributed by atoms with Crippen molar-refractivity contribution in [2.75, 3.05) is 26.7 Å². The SMILES string of the molecule is COc1ccc(S(=O)(=O)N2CCC[C@@H](C(=O)NCC(=O)O)C2)cc1. The minimum absolute atomic E-state index is 0.0415. The topological polar surface area (TPSA) is 113 Å². The second-order valence-corrected chi connectivity index (χ2v) is 7.43. The molecule has 1 atom stereocenters. The quantitative estimate of drug-likeness (QED) is 0.758. The maximum absolute atomic E-state index is 12.7. The number of sulfonamides is 1. The fourth-order valence-corrected chi connectivity index (χ4v) is 4.10. The van der Waals surface area contributed by atoms with Crippen LogP contribution in [-0.2, 0) is 19.6 Å². The van der Waals surface area contributed by atoms with Crippen LogP contribution in [0.5, 0.6) is 5.75 Å². The van der Waals surface area contributed by atoms with Crippen molar-refractivity contribution in [1.29, 1.82) is 0 Å². The van der Waals surface area contributed by atoms with Gasteiger partial charge in [0.1, 0.15) is 12.3 Å². The van der Waals surface area contributed by atoms with E-state index >= 15 is 0 Å². The first-order valence-electron chi connectivity index (χ1n) is 7.48. The highest BCUT2D eigenvalue weighted by molar-refractivity contribution is 7.89. The Labute approximate surface area is 140 Å². The molecule has 0 radical (unpaired) electrons. The van der Waals surface area contributed by atoms with Crippen molar-refractivity contribution in [1.82, 2.24) is 9.62 Å². The maximum Gasteiger partial charge on any atom is 0.322 e. The van der Waals surface area contributed by atoms with E-state index in [2.05, 4.69) is 5.32 Å². The van der Waals surface area contributed by atoms with Crippen molar-refractivity contribution < 1.29 is 27.9 Å². The second kappa shape index (κ2) is 7.63. The molecule has 132 valence electrons. The molecule has 1 amide bonds. The van der Waals surface area contributed by atoms with Crippen LogP contribution in [0, 0.1) is 5.92 Å². The molecule has 1 heterocycles. The summed E-state index contributed by atoms with van der Waals surface area (Å²) in [7, 11) is -2.21. The largest absolute Gasteiger partial charge is 0.497 e. The van der Waals surface area contributed by atoms with Crippen molar-refractivity contribution in [2.45, 2.75) is 17.7 Å². The highest BCUT2D eigenvalue weighted by Crippen LogP contribution is 2.25. The average Bonchev–Trinajstić information content (AvgIpc) is 2.59. The van der Waals surface area contributed by atoms with Gasteiger partial charge in [0.05, 0.1) is 17.9 Å². The number of ether oxygens (including phenoxy) is 1. The number of rotatable bonds is 6. The van der Waals surface area contributed by atoms with Crippen LogP contribution in [0.2, 0.25) is 0 Å². The average molecular weight is 356 g/mol. The van der Waals surface area contributed by atoms with Gasteiger partial charge < -0.3 is 15.2 Å². The van der Waals surface area contributed by atoms with Crippen LogP contribution in [0.4, 0.5) is 0 Å². The molecule has 2 N–H and O–H groups in total. The van der Waals surface area contributed by atoms with Gasteiger partial charge in [-0.2, -0.15) is 4.31 Å². The van der Waals surface area contributed by atoms with Crippen molar-refractivity contribution in [3.05, 3.63) is 24.3 Å². The van der Waals surface area contributed by atoms with E-state index < -0.39 is 34.4 Å². The molecular formula is C15H20N2O6S. The molecule has 1 aromatic rings. The molecule has 24 heavy (non-hydrogen) atoms. The minimum Gasteiger partial charge on any atom is -0.497 e.